The molecule has 0 spiro atoms. The van der Waals surface area contributed by atoms with E-state index in [2.05, 4.69) is 51.9 Å². The van der Waals surface area contributed by atoms with Crippen LogP contribution in [-0.2, 0) is 26.0 Å². The monoisotopic (exact) mass is 531 g/mol. The molecule has 1 aromatic carbocycles. The topological polar surface area (TPSA) is 76.9 Å². The van der Waals surface area contributed by atoms with E-state index in [9.17, 15) is 0 Å². The number of aromatic nitrogens is 3. The summed E-state index contributed by atoms with van der Waals surface area (Å²) in [6, 6.07) is 12.6. The van der Waals surface area contributed by atoms with Gasteiger partial charge in [-0.15, -0.1) is 0 Å². The average Bonchev–Trinajstić information content (AvgIpc) is 3.25. The van der Waals surface area contributed by atoms with E-state index in [-0.39, 0.29) is 18.5 Å². The Morgan fingerprint density at radius 1 is 0.872 bits per heavy atom. The predicted molar refractivity (Wildman–Crippen MR) is 150 cm³/mol. The van der Waals surface area contributed by atoms with Crippen molar-refractivity contribution in [3.63, 3.8) is 0 Å². The molecule has 0 N–H and O–H groups in total. The smallest absolute Gasteiger partial charge is 0.213 e. The third-order valence-corrected chi connectivity index (χ3v) is 7.67. The average molecular weight is 532 g/mol. The molecule has 4 heterocycles. The Bertz CT molecular complexity index is 1360. The summed E-state index contributed by atoms with van der Waals surface area (Å²) in [6.45, 7) is 3.37. The fourth-order valence-electron chi connectivity index (χ4n) is 5.37. The van der Waals surface area contributed by atoms with E-state index in [1.54, 1.807) is 0 Å². The molecule has 1 unspecified atom stereocenters. The van der Waals surface area contributed by atoms with Crippen molar-refractivity contribution in [3.8, 4) is 17.0 Å². The van der Waals surface area contributed by atoms with Crippen LogP contribution in [0, 0.1) is 0 Å². The van der Waals surface area contributed by atoms with Gasteiger partial charge in [-0.3, -0.25) is 4.98 Å². The van der Waals surface area contributed by atoms with Crippen molar-refractivity contribution >= 4 is 21.8 Å². The number of benzene rings is 1. The van der Waals surface area contributed by atoms with Crippen LogP contribution < -0.4 is 4.74 Å². The largest absolute Gasteiger partial charge is 0.474 e. The molecule has 1 saturated heterocycles. The standard InChI is InChI=1S/C31H37N3O5/c1-34-28-10-11-32-21-27(28)26-8-6-22(17-29(26)34)23-7-9-30(33-20-23)39-25-18-24(19-25)36-14-4-12-35-15-16-38-31-5-2-3-13-37-31/h6-11,17,20-21,24-25,31H,2-5,12-16,18-19H2,1H3. The first-order chi connectivity index (χ1) is 19.2. The second-order valence-electron chi connectivity index (χ2n) is 10.4. The van der Waals surface area contributed by atoms with Gasteiger partial charge < -0.3 is 28.3 Å². The van der Waals surface area contributed by atoms with Crippen molar-refractivity contribution in [2.75, 3.05) is 33.0 Å². The van der Waals surface area contributed by atoms with Gasteiger partial charge in [-0.1, -0.05) is 12.1 Å². The Morgan fingerprint density at radius 2 is 1.79 bits per heavy atom. The minimum atomic E-state index is -0.0449. The molecular formula is C31H37N3O5. The van der Waals surface area contributed by atoms with Crippen molar-refractivity contribution in [3.05, 3.63) is 55.0 Å². The van der Waals surface area contributed by atoms with Crippen LogP contribution in [0.3, 0.4) is 0 Å². The lowest BCUT2D eigenvalue weighted by Crippen LogP contribution is -2.39. The van der Waals surface area contributed by atoms with Gasteiger partial charge in [-0.05, 0) is 49.4 Å². The van der Waals surface area contributed by atoms with Crippen LogP contribution in [0.5, 0.6) is 5.88 Å². The maximum atomic E-state index is 6.07. The Balaban J connectivity index is 0.892. The normalized spacial score (nSPS) is 21.3. The summed E-state index contributed by atoms with van der Waals surface area (Å²) in [5.41, 5.74) is 4.56. The summed E-state index contributed by atoms with van der Waals surface area (Å²) in [7, 11) is 2.10. The zero-order valence-electron chi connectivity index (χ0n) is 22.6. The minimum absolute atomic E-state index is 0.0449. The number of hydrogen-bond acceptors (Lipinski definition) is 7. The van der Waals surface area contributed by atoms with Gasteiger partial charge in [0.1, 0.15) is 6.10 Å². The molecule has 39 heavy (non-hydrogen) atoms. The summed E-state index contributed by atoms with van der Waals surface area (Å²) in [4.78, 5) is 8.87. The van der Waals surface area contributed by atoms with Gasteiger partial charge in [0, 0.05) is 86.2 Å². The van der Waals surface area contributed by atoms with Crippen LogP contribution in [0.25, 0.3) is 32.9 Å². The van der Waals surface area contributed by atoms with E-state index < -0.39 is 0 Å². The molecule has 0 radical (unpaired) electrons. The Kier molecular flexibility index (Phi) is 8.35. The minimum Gasteiger partial charge on any atom is -0.474 e. The molecular weight excluding hydrogens is 494 g/mol. The second-order valence-corrected chi connectivity index (χ2v) is 10.4. The number of ether oxygens (including phenoxy) is 5. The highest BCUT2D eigenvalue weighted by atomic mass is 16.7. The third kappa shape index (κ3) is 6.25. The fourth-order valence-corrected chi connectivity index (χ4v) is 5.37. The molecule has 4 aromatic rings. The van der Waals surface area contributed by atoms with Crippen molar-refractivity contribution < 1.29 is 23.7 Å². The third-order valence-electron chi connectivity index (χ3n) is 7.67. The van der Waals surface area contributed by atoms with E-state index in [4.69, 9.17) is 23.7 Å². The number of pyridine rings is 2. The van der Waals surface area contributed by atoms with Gasteiger partial charge in [0.15, 0.2) is 6.29 Å². The van der Waals surface area contributed by atoms with Crippen LogP contribution in [-0.4, -0.2) is 66.1 Å². The molecule has 2 aliphatic rings. The number of rotatable bonds is 12. The van der Waals surface area contributed by atoms with Gasteiger partial charge in [-0.25, -0.2) is 4.98 Å². The van der Waals surface area contributed by atoms with Crippen molar-refractivity contribution in [2.45, 2.75) is 57.0 Å². The highest BCUT2D eigenvalue weighted by Gasteiger charge is 2.31. The molecule has 2 fully saturated rings. The number of nitrogens with zero attached hydrogens (tertiary/aromatic N) is 3. The highest BCUT2D eigenvalue weighted by Crippen LogP contribution is 2.32. The van der Waals surface area contributed by atoms with Gasteiger partial charge in [0.05, 0.1) is 24.8 Å². The van der Waals surface area contributed by atoms with Crippen molar-refractivity contribution in [1.82, 2.24) is 14.5 Å². The van der Waals surface area contributed by atoms with E-state index in [0.29, 0.717) is 32.3 Å². The molecule has 1 aliphatic carbocycles. The van der Waals surface area contributed by atoms with Gasteiger partial charge in [-0.2, -0.15) is 0 Å². The first-order valence-electron chi connectivity index (χ1n) is 14.1. The summed E-state index contributed by atoms with van der Waals surface area (Å²) in [5, 5.41) is 2.38. The van der Waals surface area contributed by atoms with Crippen LogP contribution in [0.2, 0.25) is 0 Å². The van der Waals surface area contributed by atoms with E-state index in [1.165, 1.54) is 28.2 Å². The molecule has 1 saturated carbocycles. The first-order valence-corrected chi connectivity index (χ1v) is 14.1. The summed E-state index contributed by atoms with van der Waals surface area (Å²) in [6.07, 6.45) is 12.0. The molecule has 0 bridgehead atoms. The summed E-state index contributed by atoms with van der Waals surface area (Å²) < 4.78 is 31.1. The Hall–Kier alpha value is -3.04. The number of hydrogen-bond donors (Lipinski definition) is 0. The molecule has 8 nitrogen and oxygen atoms in total. The highest BCUT2D eigenvalue weighted by molar-refractivity contribution is 6.08. The van der Waals surface area contributed by atoms with Crippen LogP contribution in [0.1, 0.15) is 38.5 Å². The SMILES string of the molecule is Cn1c2ccncc2c2ccc(-c3ccc(OC4CC(OCCCOCCOC5CCCCO5)C4)nc3)cc21. The summed E-state index contributed by atoms with van der Waals surface area (Å²) in [5.74, 6) is 0.660. The fraction of sp³-hybridized carbons (Fsp3) is 0.484. The summed E-state index contributed by atoms with van der Waals surface area (Å²) >= 11 is 0. The van der Waals surface area contributed by atoms with E-state index in [1.807, 2.05) is 24.7 Å². The van der Waals surface area contributed by atoms with Gasteiger partial charge in [0.25, 0.3) is 0 Å². The second kappa shape index (κ2) is 12.4. The van der Waals surface area contributed by atoms with Crippen molar-refractivity contribution in [1.29, 1.82) is 0 Å². The molecule has 1 aliphatic heterocycles. The predicted octanol–water partition coefficient (Wildman–Crippen LogP) is 5.66. The molecule has 8 heteroatoms. The molecule has 3 aromatic heterocycles. The van der Waals surface area contributed by atoms with Crippen molar-refractivity contribution in [2.24, 2.45) is 7.05 Å². The van der Waals surface area contributed by atoms with Crippen LogP contribution >= 0.6 is 0 Å². The maximum absolute atomic E-state index is 6.07. The van der Waals surface area contributed by atoms with Crippen LogP contribution in [0.15, 0.2) is 55.0 Å². The lowest BCUT2D eigenvalue weighted by Gasteiger charge is -2.34. The Labute approximate surface area is 229 Å². The molecule has 6 rings (SSSR count). The first kappa shape index (κ1) is 26.2. The number of fused-ring (bicyclic) bond motifs is 3. The molecule has 1 atom stereocenters. The lowest BCUT2D eigenvalue weighted by atomic mass is 9.92. The molecule has 206 valence electrons. The van der Waals surface area contributed by atoms with E-state index in [0.717, 1.165) is 49.8 Å². The Morgan fingerprint density at radius 3 is 2.64 bits per heavy atom. The van der Waals surface area contributed by atoms with Gasteiger partial charge >= 0.3 is 0 Å². The van der Waals surface area contributed by atoms with Crippen LogP contribution in [0.4, 0.5) is 0 Å². The van der Waals surface area contributed by atoms with Gasteiger partial charge in [0.2, 0.25) is 5.88 Å². The zero-order valence-corrected chi connectivity index (χ0v) is 22.6. The molecule has 0 amide bonds. The quantitative estimate of drug-likeness (QED) is 0.218. The lowest BCUT2D eigenvalue weighted by molar-refractivity contribution is -0.169. The van der Waals surface area contributed by atoms with E-state index >= 15 is 0 Å². The number of aryl methyl sites for hydroxylation is 1. The zero-order chi connectivity index (χ0) is 26.4. The maximum Gasteiger partial charge on any atom is 0.213 e.